The summed E-state index contributed by atoms with van der Waals surface area (Å²) in [7, 11) is -3.27. The van der Waals surface area contributed by atoms with Gasteiger partial charge in [0, 0.05) is 28.6 Å². The van der Waals surface area contributed by atoms with Crippen LogP contribution in [0.5, 0.6) is 0 Å². The van der Waals surface area contributed by atoms with Crippen molar-refractivity contribution in [2.45, 2.75) is 27.4 Å². The molecule has 0 saturated heterocycles. The Morgan fingerprint density at radius 1 is 1.18 bits per heavy atom. The van der Waals surface area contributed by atoms with Gasteiger partial charge in [0.05, 0.1) is 0 Å². The van der Waals surface area contributed by atoms with Crippen LogP contribution in [0.15, 0.2) is 58.5 Å². The fourth-order valence-corrected chi connectivity index (χ4v) is 4.31. The lowest BCUT2D eigenvalue weighted by atomic mass is 10.4. The molecule has 2 aromatic rings. The van der Waals surface area contributed by atoms with E-state index >= 15 is 0 Å². The number of rotatable bonds is 6. The number of nitrogens with zero attached hydrogens (tertiary/aromatic N) is 1. The van der Waals surface area contributed by atoms with Crippen LogP contribution in [0.2, 0.25) is 0 Å². The van der Waals surface area contributed by atoms with E-state index in [0.29, 0.717) is 12.4 Å². The molecular formula is C16H18N2O2S2. The minimum Gasteiger partial charge on any atom is -0.368 e. The Labute approximate surface area is 135 Å². The van der Waals surface area contributed by atoms with Crippen molar-refractivity contribution in [2.75, 3.05) is 18.1 Å². The molecule has 0 aliphatic heterocycles. The van der Waals surface area contributed by atoms with E-state index in [9.17, 15) is 8.42 Å². The van der Waals surface area contributed by atoms with Crippen LogP contribution in [0, 0.1) is 0 Å². The molecule has 3 rings (SSSR count). The highest BCUT2D eigenvalue weighted by molar-refractivity contribution is 8.01. The molecule has 0 radical (unpaired) electrons. The van der Waals surface area contributed by atoms with E-state index < -0.39 is 9.84 Å². The SMILES string of the molecule is CS(=O)(=O)c1cccnc1NCC1(Sc2ccccc2)CC1. The van der Waals surface area contributed by atoms with E-state index in [0.717, 1.165) is 12.8 Å². The maximum Gasteiger partial charge on any atom is 0.179 e. The summed E-state index contributed by atoms with van der Waals surface area (Å²) in [5, 5.41) is 3.23. The standard InChI is InChI=1S/C16H18N2O2S2/c1-22(19,20)14-8-5-11-17-15(14)18-12-16(9-10-16)21-13-6-3-2-4-7-13/h2-8,11H,9-10,12H2,1H3,(H,17,18). The van der Waals surface area contributed by atoms with Crippen LogP contribution >= 0.6 is 11.8 Å². The zero-order chi connectivity index (χ0) is 15.6. The lowest BCUT2D eigenvalue weighted by Gasteiger charge is -2.17. The zero-order valence-electron chi connectivity index (χ0n) is 12.3. The topological polar surface area (TPSA) is 59.1 Å². The lowest BCUT2D eigenvalue weighted by Crippen LogP contribution is -2.19. The van der Waals surface area contributed by atoms with E-state index in [-0.39, 0.29) is 9.64 Å². The first-order chi connectivity index (χ1) is 10.5. The monoisotopic (exact) mass is 334 g/mol. The molecule has 0 atom stereocenters. The smallest absolute Gasteiger partial charge is 0.179 e. The van der Waals surface area contributed by atoms with Crippen molar-refractivity contribution in [2.24, 2.45) is 0 Å². The van der Waals surface area contributed by atoms with Crippen molar-refractivity contribution in [3.05, 3.63) is 48.7 Å². The minimum absolute atomic E-state index is 0.146. The molecule has 1 N–H and O–H groups in total. The summed E-state index contributed by atoms with van der Waals surface area (Å²) in [6, 6.07) is 13.5. The quantitative estimate of drug-likeness (QED) is 0.879. The van der Waals surface area contributed by atoms with Crippen LogP contribution in [0.25, 0.3) is 0 Å². The molecule has 1 aromatic carbocycles. The Hall–Kier alpha value is -1.53. The average Bonchev–Trinajstić information content (AvgIpc) is 3.26. The van der Waals surface area contributed by atoms with Crippen molar-refractivity contribution in [3.8, 4) is 0 Å². The van der Waals surface area contributed by atoms with Crippen molar-refractivity contribution < 1.29 is 8.42 Å². The fraction of sp³-hybridized carbons (Fsp3) is 0.312. The molecule has 4 nitrogen and oxygen atoms in total. The third kappa shape index (κ3) is 3.62. The van der Waals surface area contributed by atoms with E-state index in [4.69, 9.17) is 0 Å². The Morgan fingerprint density at radius 2 is 1.91 bits per heavy atom. The number of aromatic nitrogens is 1. The van der Waals surface area contributed by atoms with Gasteiger partial charge in [-0.25, -0.2) is 13.4 Å². The summed E-state index contributed by atoms with van der Waals surface area (Å²) in [6.07, 6.45) is 5.07. The maximum absolute atomic E-state index is 11.8. The van der Waals surface area contributed by atoms with Crippen LogP contribution in [0.1, 0.15) is 12.8 Å². The summed E-state index contributed by atoms with van der Waals surface area (Å²) < 4.78 is 23.7. The van der Waals surface area contributed by atoms with Crippen molar-refractivity contribution in [3.63, 3.8) is 0 Å². The van der Waals surface area contributed by atoms with Gasteiger partial charge in [0.25, 0.3) is 0 Å². The molecule has 116 valence electrons. The molecule has 0 bridgehead atoms. The molecule has 1 heterocycles. The highest BCUT2D eigenvalue weighted by atomic mass is 32.2. The Morgan fingerprint density at radius 3 is 2.55 bits per heavy atom. The molecule has 1 saturated carbocycles. The van der Waals surface area contributed by atoms with Gasteiger partial charge in [0.2, 0.25) is 0 Å². The molecule has 22 heavy (non-hydrogen) atoms. The molecule has 6 heteroatoms. The highest BCUT2D eigenvalue weighted by Gasteiger charge is 2.43. The second-order valence-corrected chi connectivity index (χ2v) is 9.10. The van der Waals surface area contributed by atoms with Gasteiger partial charge in [-0.2, -0.15) is 0 Å². The highest BCUT2D eigenvalue weighted by Crippen LogP contribution is 2.51. The first-order valence-corrected chi connectivity index (χ1v) is 9.82. The molecule has 1 fully saturated rings. The lowest BCUT2D eigenvalue weighted by molar-refractivity contribution is 0.601. The number of anilines is 1. The summed E-state index contributed by atoms with van der Waals surface area (Å²) in [5.74, 6) is 0.449. The van der Waals surface area contributed by atoms with E-state index in [1.54, 1.807) is 18.3 Å². The predicted octanol–water partition coefficient (Wildman–Crippen LogP) is 3.22. The molecule has 0 amide bonds. The van der Waals surface area contributed by atoms with E-state index in [1.165, 1.54) is 11.2 Å². The van der Waals surface area contributed by atoms with Crippen LogP contribution in [-0.4, -0.2) is 30.9 Å². The number of nitrogens with one attached hydrogen (secondary N) is 1. The largest absolute Gasteiger partial charge is 0.368 e. The molecule has 1 aromatic heterocycles. The summed E-state index contributed by atoms with van der Waals surface area (Å²) in [5.41, 5.74) is 0. The number of hydrogen-bond donors (Lipinski definition) is 1. The third-order valence-corrected chi connectivity index (χ3v) is 6.26. The average molecular weight is 334 g/mol. The second-order valence-electron chi connectivity index (χ2n) is 5.57. The van der Waals surface area contributed by atoms with Crippen molar-refractivity contribution in [1.29, 1.82) is 0 Å². The number of sulfone groups is 1. The summed E-state index contributed by atoms with van der Waals surface area (Å²) in [4.78, 5) is 5.69. The molecular weight excluding hydrogens is 316 g/mol. The molecule has 1 aliphatic rings. The third-order valence-electron chi connectivity index (χ3n) is 3.63. The normalized spacial score (nSPS) is 16.2. The second kappa shape index (κ2) is 5.93. The van der Waals surface area contributed by atoms with Crippen LogP contribution in [0.4, 0.5) is 5.82 Å². The Bertz CT molecular complexity index is 757. The van der Waals surface area contributed by atoms with Gasteiger partial charge in [0.15, 0.2) is 9.84 Å². The Kier molecular flexibility index (Phi) is 4.14. The number of thioether (sulfide) groups is 1. The van der Waals surface area contributed by atoms with E-state index in [1.807, 2.05) is 30.0 Å². The van der Waals surface area contributed by atoms with Gasteiger partial charge in [0.1, 0.15) is 10.7 Å². The maximum atomic E-state index is 11.8. The first kappa shape index (κ1) is 15.4. The van der Waals surface area contributed by atoms with Crippen molar-refractivity contribution >= 4 is 27.4 Å². The van der Waals surface area contributed by atoms with Gasteiger partial charge < -0.3 is 5.32 Å². The van der Waals surface area contributed by atoms with E-state index in [2.05, 4.69) is 22.4 Å². The van der Waals surface area contributed by atoms with Gasteiger partial charge in [-0.15, -0.1) is 11.8 Å². The molecule has 0 spiro atoms. The predicted molar refractivity (Wildman–Crippen MR) is 90.1 cm³/mol. The molecule has 1 aliphatic carbocycles. The fourth-order valence-electron chi connectivity index (χ4n) is 2.26. The minimum atomic E-state index is -3.27. The van der Waals surface area contributed by atoms with Gasteiger partial charge in [-0.05, 0) is 37.1 Å². The van der Waals surface area contributed by atoms with Crippen LogP contribution in [-0.2, 0) is 9.84 Å². The summed E-state index contributed by atoms with van der Waals surface area (Å²) in [6.45, 7) is 0.714. The Balaban J connectivity index is 1.71. The number of pyridine rings is 1. The summed E-state index contributed by atoms with van der Waals surface area (Å²) >= 11 is 1.85. The van der Waals surface area contributed by atoms with Crippen LogP contribution in [0.3, 0.4) is 0 Å². The van der Waals surface area contributed by atoms with Gasteiger partial charge in [-0.1, -0.05) is 18.2 Å². The van der Waals surface area contributed by atoms with Gasteiger partial charge >= 0.3 is 0 Å². The number of hydrogen-bond acceptors (Lipinski definition) is 5. The van der Waals surface area contributed by atoms with Crippen LogP contribution < -0.4 is 5.32 Å². The van der Waals surface area contributed by atoms with Crippen molar-refractivity contribution in [1.82, 2.24) is 4.98 Å². The van der Waals surface area contributed by atoms with Gasteiger partial charge in [-0.3, -0.25) is 0 Å². The molecule has 0 unspecified atom stereocenters. The number of benzene rings is 1. The zero-order valence-corrected chi connectivity index (χ0v) is 14.0. The first-order valence-electron chi connectivity index (χ1n) is 7.12.